The van der Waals surface area contributed by atoms with Gasteiger partial charge >= 0.3 is 0 Å². The SMILES string of the molecule is Cn1cc(-c2cnn3c(N4CCC(c5ncn(Cc6cccc(-c7ccc(Cn8cnc(N9CCN(c%10cnn%11cc(-c%12cnn(C)c%12)ccc%10%11)CC9)n8)cn7)c6)n5)C4)cnc3c2)cn1. The third-order valence-corrected chi connectivity index (χ3v) is 12.5. The van der Waals surface area contributed by atoms with Crippen molar-refractivity contribution in [2.75, 3.05) is 54.0 Å². The molecule has 2 saturated heterocycles. The molecule has 2 aliphatic heterocycles. The minimum absolute atomic E-state index is 0.217. The quantitative estimate of drug-likeness (QED) is 0.174. The molecule has 0 bridgehead atoms. The fourth-order valence-electron chi connectivity index (χ4n) is 9.06. The van der Waals surface area contributed by atoms with E-state index in [0.717, 1.165) is 125 Å². The van der Waals surface area contributed by atoms with Crippen LogP contribution in [-0.2, 0) is 27.2 Å². The van der Waals surface area contributed by atoms with Crippen LogP contribution >= 0.6 is 0 Å². The topological polar surface area (TPSA) is 167 Å². The molecule has 0 saturated carbocycles. The molecule has 10 aromatic rings. The van der Waals surface area contributed by atoms with Gasteiger partial charge in [-0.15, -0.1) is 5.10 Å². The molecule has 19 heteroatoms. The third kappa shape index (κ3) is 7.49. The lowest BCUT2D eigenvalue weighted by molar-refractivity contribution is 0.628. The third-order valence-electron chi connectivity index (χ3n) is 12.5. The first-order chi connectivity index (χ1) is 31.9. The Labute approximate surface area is 372 Å². The fourth-order valence-corrected chi connectivity index (χ4v) is 9.06. The van der Waals surface area contributed by atoms with E-state index in [-0.39, 0.29) is 5.92 Å². The van der Waals surface area contributed by atoms with Gasteiger partial charge in [0.05, 0.1) is 61.0 Å². The van der Waals surface area contributed by atoms with Crippen LogP contribution in [0.5, 0.6) is 0 Å². The highest BCUT2D eigenvalue weighted by molar-refractivity contribution is 5.75. The summed E-state index contributed by atoms with van der Waals surface area (Å²) < 4.78 is 11.3. The van der Waals surface area contributed by atoms with E-state index in [1.165, 1.54) is 0 Å². The molecule has 19 nitrogen and oxygen atoms in total. The predicted molar refractivity (Wildman–Crippen MR) is 245 cm³/mol. The number of aromatic nitrogens is 16. The zero-order valence-electron chi connectivity index (χ0n) is 36.0. The van der Waals surface area contributed by atoms with E-state index >= 15 is 0 Å². The molecule has 0 N–H and O–H groups in total. The van der Waals surface area contributed by atoms with Crippen LogP contribution in [0.25, 0.3) is 44.7 Å². The summed E-state index contributed by atoms with van der Waals surface area (Å²) in [7, 11) is 3.84. The van der Waals surface area contributed by atoms with Gasteiger partial charge in [-0.25, -0.2) is 28.8 Å². The molecule has 1 unspecified atom stereocenters. The number of rotatable bonds is 11. The van der Waals surface area contributed by atoms with Crippen molar-refractivity contribution >= 4 is 28.6 Å². The van der Waals surface area contributed by atoms with Gasteiger partial charge in [0, 0.05) is 112 Å². The van der Waals surface area contributed by atoms with E-state index in [0.29, 0.717) is 13.1 Å². The molecule has 0 radical (unpaired) electrons. The Balaban J connectivity index is 0.642. The summed E-state index contributed by atoms with van der Waals surface area (Å²) in [5.74, 6) is 2.80. The van der Waals surface area contributed by atoms with Gasteiger partial charge in [0.15, 0.2) is 17.3 Å². The molecule has 65 heavy (non-hydrogen) atoms. The average Bonchev–Trinajstić information content (AvgIpc) is 4.20. The first-order valence-corrected chi connectivity index (χ1v) is 21.8. The molecule has 1 atom stereocenters. The Morgan fingerprint density at radius 1 is 0.569 bits per heavy atom. The Kier molecular flexibility index (Phi) is 9.37. The van der Waals surface area contributed by atoms with Crippen LogP contribution < -0.4 is 14.7 Å². The van der Waals surface area contributed by atoms with Crippen molar-refractivity contribution in [3.63, 3.8) is 0 Å². The minimum atomic E-state index is 0.217. The average molecular weight is 864 g/mol. The number of hydrogen-bond acceptors (Lipinski definition) is 13. The summed E-state index contributed by atoms with van der Waals surface area (Å²) in [6.07, 6.45) is 22.0. The van der Waals surface area contributed by atoms with E-state index in [4.69, 9.17) is 25.3 Å². The number of piperazine rings is 1. The van der Waals surface area contributed by atoms with Gasteiger partial charge in [-0.2, -0.15) is 30.0 Å². The maximum Gasteiger partial charge on any atom is 0.244 e. The number of nitrogens with zero attached hydrogens (tertiary/aromatic N) is 19. The molecule has 0 spiro atoms. The van der Waals surface area contributed by atoms with Gasteiger partial charge in [0.25, 0.3) is 0 Å². The molecular weight excluding hydrogens is 819 g/mol. The van der Waals surface area contributed by atoms with Crippen LogP contribution in [0, 0.1) is 0 Å². The molecule has 0 aliphatic carbocycles. The van der Waals surface area contributed by atoms with E-state index in [2.05, 4.69) is 101 Å². The lowest BCUT2D eigenvalue weighted by Gasteiger charge is -2.34. The number of aryl methyl sites for hydroxylation is 2. The predicted octanol–water partition coefficient (Wildman–Crippen LogP) is 4.84. The van der Waals surface area contributed by atoms with Gasteiger partial charge in [-0.1, -0.05) is 30.3 Å². The maximum absolute atomic E-state index is 4.93. The first kappa shape index (κ1) is 38.5. The largest absolute Gasteiger partial charge is 0.365 e. The maximum atomic E-state index is 4.93. The number of hydrogen-bond donors (Lipinski definition) is 0. The van der Waals surface area contributed by atoms with Crippen molar-refractivity contribution in [2.45, 2.75) is 25.4 Å². The standard InChI is InChI=1S/C46H45N19/c1-57-26-38(20-51-57)35-7-9-41-42(22-53-64(41)29-35)59-12-14-60(15-13-59)46-50-31-63(56-46)25-33-6-8-40(47-18-33)34-5-3-4-32(16-34)24-62-30-49-45(55-62)36-10-11-61(28-36)44-23-48-43-17-37(19-54-65(43)44)39-21-52-58(2)27-39/h3-9,16-23,26-27,29-31,36H,10-15,24-25,28H2,1-2H3. The second-order valence-corrected chi connectivity index (χ2v) is 16.9. The van der Waals surface area contributed by atoms with Gasteiger partial charge in [0.2, 0.25) is 5.95 Å². The Morgan fingerprint density at radius 3 is 2.17 bits per heavy atom. The molecule has 9 aromatic heterocycles. The van der Waals surface area contributed by atoms with Crippen molar-refractivity contribution in [1.82, 2.24) is 78.3 Å². The van der Waals surface area contributed by atoms with Crippen molar-refractivity contribution in [2.24, 2.45) is 14.1 Å². The van der Waals surface area contributed by atoms with Crippen molar-refractivity contribution in [3.05, 3.63) is 140 Å². The normalized spacial score (nSPS) is 15.6. The van der Waals surface area contributed by atoms with E-state index in [1.54, 1.807) is 11.0 Å². The second kappa shape index (κ2) is 15.8. The number of imidazole rings is 1. The monoisotopic (exact) mass is 863 g/mol. The van der Waals surface area contributed by atoms with Crippen molar-refractivity contribution < 1.29 is 0 Å². The fraction of sp³-hybridized carbons (Fsp3) is 0.261. The van der Waals surface area contributed by atoms with E-state index in [1.807, 2.05) is 93.1 Å². The molecule has 1 aromatic carbocycles. The highest BCUT2D eigenvalue weighted by Crippen LogP contribution is 2.31. The second-order valence-electron chi connectivity index (χ2n) is 16.9. The lowest BCUT2D eigenvalue weighted by atomic mass is 10.1. The summed E-state index contributed by atoms with van der Waals surface area (Å²) in [6.45, 7) is 6.23. The van der Waals surface area contributed by atoms with Gasteiger partial charge < -0.3 is 14.7 Å². The van der Waals surface area contributed by atoms with Crippen LogP contribution in [-0.4, -0.2) is 118 Å². The van der Waals surface area contributed by atoms with Crippen molar-refractivity contribution in [3.8, 4) is 33.5 Å². The Bertz CT molecular complexity index is 3280. The summed E-state index contributed by atoms with van der Waals surface area (Å²) in [4.78, 5) is 25.9. The number of pyridine rings is 2. The summed E-state index contributed by atoms with van der Waals surface area (Å²) in [5.41, 5.74) is 11.3. The van der Waals surface area contributed by atoms with Crippen LogP contribution in [0.1, 0.15) is 29.3 Å². The molecule has 324 valence electrons. The van der Waals surface area contributed by atoms with Crippen LogP contribution in [0.2, 0.25) is 0 Å². The molecule has 0 amide bonds. The Hall–Kier alpha value is -8.22. The van der Waals surface area contributed by atoms with Gasteiger partial charge in [-0.3, -0.25) is 14.3 Å². The minimum Gasteiger partial charge on any atom is -0.365 e. The van der Waals surface area contributed by atoms with Crippen LogP contribution in [0.3, 0.4) is 0 Å². The van der Waals surface area contributed by atoms with Gasteiger partial charge in [0.1, 0.15) is 12.7 Å². The number of benzene rings is 1. The number of fused-ring (bicyclic) bond motifs is 2. The molecule has 2 aliphatic rings. The van der Waals surface area contributed by atoms with E-state index in [9.17, 15) is 0 Å². The highest BCUT2D eigenvalue weighted by Gasteiger charge is 2.29. The van der Waals surface area contributed by atoms with Crippen molar-refractivity contribution in [1.29, 1.82) is 0 Å². The Morgan fingerprint density at radius 2 is 1.35 bits per heavy atom. The zero-order valence-corrected chi connectivity index (χ0v) is 36.0. The molecular formula is C46H45N19. The molecule has 11 heterocycles. The van der Waals surface area contributed by atoms with Crippen LogP contribution in [0.4, 0.5) is 17.5 Å². The summed E-state index contributed by atoms with van der Waals surface area (Å²) in [5, 5.41) is 27.8. The highest BCUT2D eigenvalue weighted by atomic mass is 15.4. The zero-order chi connectivity index (χ0) is 43.4. The van der Waals surface area contributed by atoms with E-state index < -0.39 is 0 Å². The van der Waals surface area contributed by atoms with Gasteiger partial charge in [-0.05, 0) is 41.8 Å². The smallest absolute Gasteiger partial charge is 0.244 e. The number of anilines is 3. The summed E-state index contributed by atoms with van der Waals surface area (Å²) in [6, 6.07) is 19.0. The first-order valence-electron chi connectivity index (χ1n) is 21.8. The summed E-state index contributed by atoms with van der Waals surface area (Å²) >= 11 is 0. The lowest BCUT2D eigenvalue weighted by Crippen LogP contribution is -2.47. The molecule has 12 rings (SSSR count). The van der Waals surface area contributed by atoms with Crippen LogP contribution in [0.15, 0.2) is 123 Å². The molecule has 2 fully saturated rings.